The van der Waals surface area contributed by atoms with Gasteiger partial charge in [-0.2, -0.15) is 0 Å². The van der Waals surface area contributed by atoms with Crippen LogP contribution in [-0.4, -0.2) is 73.3 Å². The van der Waals surface area contributed by atoms with Gasteiger partial charge in [-0.3, -0.25) is 0 Å². The van der Waals surface area contributed by atoms with Gasteiger partial charge in [0.2, 0.25) is 0 Å². The van der Waals surface area contributed by atoms with Gasteiger partial charge in [0, 0.05) is 22.3 Å². The fourth-order valence-electron chi connectivity index (χ4n) is 6.95. The highest BCUT2D eigenvalue weighted by Crippen LogP contribution is 2.61. The molecule has 0 aliphatic heterocycles. The van der Waals surface area contributed by atoms with E-state index in [0.29, 0.717) is 35.8 Å². The van der Waals surface area contributed by atoms with Gasteiger partial charge >= 0.3 is 0 Å². The molecule has 0 spiro atoms. The van der Waals surface area contributed by atoms with Crippen molar-refractivity contribution in [3.8, 4) is 34.1 Å². The lowest BCUT2D eigenvalue weighted by molar-refractivity contribution is 0.189. The molecule has 47 heavy (non-hydrogen) atoms. The molecule has 4 aromatic carbocycles. The molecule has 0 unspecified atom stereocenters. The number of hydrogen-bond donors (Lipinski definition) is 4. The van der Waals surface area contributed by atoms with Crippen LogP contribution in [0.5, 0.6) is 23.0 Å². The van der Waals surface area contributed by atoms with Crippen LogP contribution < -0.4 is 18.9 Å². The molecule has 8 heteroatoms. The summed E-state index contributed by atoms with van der Waals surface area (Å²) in [6.07, 6.45) is 2.93. The van der Waals surface area contributed by atoms with Crippen LogP contribution in [0.15, 0.2) is 72.8 Å². The largest absolute Gasteiger partial charge is 0.491 e. The molecule has 8 nitrogen and oxygen atoms in total. The van der Waals surface area contributed by atoms with Gasteiger partial charge in [-0.15, -0.1) is 0 Å². The van der Waals surface area contributed by atoms with Gasteiger partial charge in [-0.1, -0.05) is 87.4 Å². The molecular weight excluding hydrogens is 596 g/mol. The van der Waals surface area contributed by atoms with Crippen molar-refractivity contribution in [3.63, 3.8) is 0 Å². The maximum Gasteiger partial charge on any atom is 0.131 e. The zero-order valence-corrected chi connectivity index (χ0v) is 27.3. The Balaban J connectivity index is 1.97. The monoisotopic (exact) mass is 642 g/mol. The second kappa shape index (κ2) is 16.2. The Bertz CT molecular complexity index is 1510. The van der Waals surface area contributed by atoms with E-state index in [1.165, 1.54) is 0 Å². The van der Waals surface area contributed by atoms with Crippen molar-refractivity contribution in [1.29, 1.82) is 0 Å². The predicted octanol–water partition coefficient (Wildman–Crippen LogP) is 5.44. The second-order valence-electron chi connectivity index (χ2n) is 11.5. The Morgan fingerprint density at radius 1 is 0.468 bits per heavy atom. The lowest BCUT2D eigenvalue weighted by Gasteiger charge is -2.37. The third-order valence-corrected chi connectivity index (χ3v) is 8.57. The van der Waals surface area contributed by atoms with Gasteiger partial charge in [-0.05, 0) is 47.2 Å². The SMILES string of the molecule is CCCc1c(OCCO)ccc(C2(c3ccc(OCCO)c(CCC)c3OCCO)c3ccccc3-c3ccccc32)c1OCCO. The number of benzene rings is 4. The third-order valence-electron chi connectivity index (χ3n) is 8.57. The van der Waals surface area contributed by atoms with E-state index in [-0.39, 0.29) is 52.9 Å². The lowest BCUT2D eigenvalue weighted by Crippen LogP contribution is -2.31. The first-order valence-corrected chi connectivity index (χ1v) is 16.6. The quantitative estimate of drug-likeness (QED) is 0.0999. The Hall–Kier alpha value is -4.08. The van der Waals surface area contributed by atoms with Crippen LogP contribution >= 0.6 is 0 Å². The molecule has 0 fully saturated rings. The van der Waals surface area contributed by atoms with Crippen molar-refractivity contribution in [2.45, 2.75) is 44.9 Å². The highest BCUT2D eigenvalue weighted by Gasteiger charge is 2.50. The Kier molecular flexibility index (Phi) is 11.8. The zero-order valence-electron chi connectivity index (χ0n) is 27.3. The van der Waals surface area contributed by atoms with E-state index in [2.05, 4.69) is 38.1 Å². The van der Waals surface area contributed by atoms with Crippen molar-refractivity contribution in [1.82, 2.24) is 0 Å². The fraction of sp³-hybridized carbons (Fsp3) is 0.385. The molecule has 0 bridgehead atoms. The van der Waals surface area contributed by atoms with Crippen LogP contribution in [0.25, 0.3) is 11.1 Å². The molecule has 0 radical (unpaired) electrons. The molecule has 0 aromatic heterocycles. The summed E-state index contributed by atoms with van der Waals surface area (Å²) in [5.74, 6) is 2.49. The number of rotatable bonds is 18. The minimum Gasteiger partial charge on any atom is -0.491 e. The molecule has 250 valence electrons. The van der Waals surface area contributed by atoms with Gasteiger partial charge in [0.25, 0.3) is 0 Å². The number of hydrogen-bond acceptors (Lipinski definition) is 8. The lowest BCUT2D eigenvalue weighted by atomic mass is 9.66. The molecule has 0 amide bonds. The van der Waals surface area contributed by atoms with E-state index in [0.717, 1.165) is 57.3 Å². The molecule has 0 heterocycles. The predicted molar refractivity (Wildman–Crippen MR) is 182 cm³/mol. The number of aliphatic hydroxyl groups excluding tert-OH is 4. The smallest absolute Gasteiger partial charge is 0.131 e. The molecule has 5 rings (SSSR count). The summed E-state index contributed by atoms with van der Waals surface area (Å²) in [4.78, 5) is 0. The second-order valence-corrected chi connectivity index (χ2v) is 11.5. The average molecular weight is 643 g/mol. The van der Waals surface area contributed by atoms with Crippen molar-refractivity contribution >= 4 is 0 Å². The van der Waals surface area contributed by atoms with E-state index in [4.69, 9.17) is 18.9 Å². The number of aliphatic hydroxyl groups is 4. The normalized spacial score (nSPS) is 12.8. The first-order chi connectivity index (χ1) is 23.1. The van der Waals surface area contributed by atoms with E-state index >= 15 is 0 Å². The van der Waals surface area contributed by atoms with E-state index in [9.17, 15) is 20.4 Å². The van der Waals surface area contributed by atoms with Gasteiger partial charge in [0.15, 0.2) is 0 Å². The van der Waals surface area contributed by atoms with Crippen molar-refractivity contribution < 1.29 is 39.4 Å². The molecule has 4 N–H and O–H groups in total. The van der Waals surface area contributed by atoms with E-state index < -0.39 is 5.41 Å². The maximum atomic E-state index is 9.99. The third kappa shape index (κ3) is 6.43. The van der Waals surface area contributed by atoms with E-state index in [1.807, 2.05) is 48.5 Å². The number of fused-ring (bicyclic) bond motifs is 3. The first-order valence-electron chi connectivity index (χ1n) is 16.6. The average Bonchev–Trinajstić information content (AvgIpc) is 3.40. The molecule has 0 saturated heterocycles. The maximum absolute atomic E-state index is 9.99. The standard InChI is InChI=1S/C39H46O8/c1-3-9-29-35(44-23-19-40)17-15-33(37(29)46-25-21-42)39(31-13-7-5-11-27(31)28-12-6-8-14-32(28)39)34-16-18-36(45-24-20-41)30(10-4-2)38(34)47-26-22-43/h5-8,11-18,40-43H,3-4,9-10,19-26H2,1-2H3. The summed E-state index contributed by atoms with van der Waals surface area (Å²) in [5.41, 5.74) is 6.76. The zero-order chi connectivity index (χ0) is 33.2. The Morgan fingerprint density at radius 2 is 0.851 bits per heavy atom. The van der Waals surface area contributed by atoms with Gasteiger partial charge in [0.05, 0.1) is 31.8 Å². The summed E-state index contributed by atoms with van der Waals surface area (Å²) in [6, 6.07) is 24.7. The highest BCUT2D eigenvalue weighted by atomic mass is 16.5. The molecule has 0 atom stereocenters. The molecule has 1 aliphatic carbocycles. The van der Waals surface area contributed by atoms with Gasteiger partial charge in [-0.25, -0.2) is 0 Å². The van der Waals surface area contributed by atoms with Gasteiger partial charge < -0.3 is 39.4 Å². The summed E-state index contributed by atoms with van der Waals surface area (Å²) in [6.45, 7) is 4.04. The summed E-state index contributed by atoms with van der Waals surface area (Å²) >= 11 is 0. The summed E-state index contributed by atoms with van der Waals surface area (Å²) in [7, 11) is 0. The molecular formula is C39H46O8. The van der Waals surface area contributed by atoms with Crippen LogP contribution in [0, 0.1) is 0 Å². The van der Waals surface area contributed by atoms with Crippen molar-refractivity contribution in [3.05, 3.63) is 106 Å². The van der Waals surface area contributed by atoms with E-state index in [1.54, 1.807) is 0 Å². The van der Waals surface area contributed by atoms with Crippen LogP contribution in [0.1, 0.15) is 60.1 Å². The minimum atomic E-state index is -0.946. The van der Waals surface area contributed by atoms with Gasteiger partial charge in [0.1, 0.15) is 49.4 Å². The topological polar surface area (TPSA) is 118 Å². The highest BCUT2D eigenvalue weighted by molar-refractivity contribution is 5.88. The summed E-state index contributed by atoms with van der Waals surface area (Å²) in [5, 5.41) is 39.2. The number of ether oxygens (including phenoxy) is 4. The minimum absolute atomic E-state index is 0.0788. The molecule has 4 aromatic rings. The Labute approximate surface area is 277 Å². The van der Waals surface area contributed by atoms with Crippen molar-refractivity contribution in [2.75, 3.05) is 52.9 Å². The molecule has 0 saturated carbocycles. The summed E-state index contributed by atoms with van der Waals surface area (Å²) < 4.78 is 25.2. The van der Waals surface area contributed by atoms with Crippen LogP contribution in [0.2, 0.25) is 0 Å². The Morgan fingerprint density at radius 3 is 1.23 bits per heavy atom. The fourth-order valence-corrected chi connectivity index (χ4v) is 6.95. The van der Waals surface area contributed by atoms with Crippen molar-refractivity contribution in [2.24, 2.45) is 0 Å². The first kappa shape index (κ1) is 34.3. The molecule has 1 aliphatic rings. The van der Waals surface area contributed by atoms with Crippen LogP contribution in [-0.2, 0) is 18.3 Å². The van der Waals surface area contributed by atoms with Crippen LogP contribution in [0.4, 0.5) is 0 Å². The van der Waals surface area contributed by atoms with Crippen LogP contribution in [0.3, 0.4) is 0 Å².